The molecule has 3 aromatic rings. The van der Waals surface area contributed by atoms with Gasteiger partial charge in [0, 0.05) is 36.7 Å². The summed E-state index contributed by atoms with van der Waals surface area (Å²) in [6, 6.07) is 12.4. The molecule has 1 atom stereocenters. The van der Waals surface area contributed by atoms with Gasteiger partial charge in [-0.1, -0.05) is 25.3 Å². The number of piperazine rings is 1. The van der Waals surface area contributed by atoms with Crippen LogP contribution >= 0.6 is 11.3 Å². The van der Waals surface area contributed by atoms with E-state index in [2.05, 4.69) is 47.5 Å². The number of aromatic hydroxyl groups is 1. The number of tetrazole rings is 1. The standard InChI is InChI=1S/C22H28N6OS/c29-19-10-8-17(9-11-19)26-12-14-27(15-13-26)21(20-7-4-16-30-20)22-23-24-25-28(22)18-5-2-1-3-6-18/h4,7-11,16,18,21,29H,1-3,5-6,12-15H2/t21-/m0/s1. The van der Waals surface area contributed by atoms with Gasteiger partial charge in [0.2, 0.25) is 0 Å². The van der Waals surface area contributed by atoms with Crippen molar-refractivity contribution in [3.63, 3.8) is 0 Å². The summed E-state index contributed by atoms with van der Waals surface area (Å²) >= 11 is 1.79. The van der Waals surface area contributed by atoms with Crippen molar-refractivity contribution in [1.82, 2.24) is 25.1 Å². The van der Waals surface area contributed by atoms with E-state index in [1.54, 1.807) is 23.5 Å². The molecule has 5 rings (SSSR count). The Labute approximate surface area is 180 Å². The zero-order valence-corrected chi connectivity index (χ0v) is 17.9. The SMILES string of the molecule is Oc1ccc(N2CCN([C@@H](c3cccs3)c3nnnn3C3CCCCC3)CC2)cc1. The van der Waals surface area contributed by atoms with Crippen LogP contribution in [0.1, 0.15) is 54.9 Å². The molecule has 1 saturated heterocycles. The zero-order valence-electron chi connectivity index (χ0n) is 17.1. The van der Waals surface area contributed by atoms with E-state index in [4.69, 9.17) is 0 Å². The van der Waals surface area contributed by atoms with Gasteiger partial charge in [-0.3, -0.25) is 4.90 Å². The predicted octanol–water partition coefficient (Wildman–Crippen LogP) is 3.86. The Morgan fingerprint density at radius 2 is 1.73 bits per heavy atom. The second-order valence-electron chi connectivity index (χ2n) is 8.23. The zero-order chi connectivity index (χ0) is 20.3. The average Bonchev–Trinajstić information content (AvgIpc) is 3.49. The lowest BCUT2D eigenvalue weighted by Crippen LogP contribution is -2.48. The maximum atomic E-state index is 9.57. The highest BCUT2D eigenvalue weighted by atomic mass is 32.1. The van der Waals surface area contributed by atoms with Gasteiger partial charge >= 0.3 is 0 Å². The first-order chi connectivity index (χ1) is 14.8. The lowest BCUT2D eigenvalue weighted by atomic mass is 9.95. The van der Waals surface area contributed by atoms with Crippen LogP contribution in [-0.2, 0) is 0 Å². The van der Waals surface area contributed by atoms with Crippen molar-refractivity contribution in [2.45, 2.75) is 44.2 Å². The minimum absolute atomic E-state index is 0.101. The normalized spacial score (nSPS) is 19.8. The van der Waals surface area contributed by atoms with Crippen LogP contribution in [0, 0.1) is 0 Å². The summed E-state index contributed by atoms with van der Waals surface area (Å²) in [6.07, 6.45) is 6.19. The number of thiophene rings is 1. The second kappa shape index (κ2) is 8.73. The fourth-order valence-electron chi connectivity index (χ4n) is 4.79. The van der Waals surface area contributed by atoms with Gasteiger partial charge in [-0.15, -0.1) is 16.4 Å². The van der Waals surface area contributed by atoms with Gasteiger partial charge in [0.25, 0.3) is 0 Å². The minimum Gasteiger partial charge on any atom is -0.508 e. The molecule has 30 heavy (non-hydrogen) atoms. The molecule has 0 bridgehead atoms. The number of nitrogens with zero attached hydrogens (tertiary/aromatic N) is 6. The first kappa shape index (κ1) is 19.5. The Morgan fingerprint density at radius 1 is 0.967 bits per heavy atom. The smallest absolute Gasteiger partial charge is 0.174 e. The summed E-state index contributed by atoms with van der Waals surface area (Å²) in [6.45, 7) is 3.78. The Morgan fingerprint density at radius 3 is 2.43 bits per heavy atom. The maximum absolute atomic E-state index is 9.57. The quantitative estimate of drug-likeness (QED) is 0.671. The highest BCUT2D eigenvalue weighted by molar-refractivity contribution is 7.10. The van der Waals surface area contributed by atoms with Crippen molar-refractivity contribution in [1.29, 1.82) is 0 Å². The molecule has 1 saturated carbocycles. The monoisotopic (exact) mass is 424 g/mol. The van der Waals surface area contributed by atoms with Crippen molar-refractivity contribution >= 4 is 17.0 Å². The summed E-state index contributed by atoms with van der Waals surface area (Å²) in [5.74, 6) is 1.30. The molecule has 3 heterocycles. The number of aromatic nitrogens is 4. The number of anilines is 1. The molecule has 8 heteroatoms. The predicted molar refractivity (Wildman–Crippen MR) is 118 cm³/mol. The summed E-state index contributed by atoms with van der Waals surface area (Å²) in [5.41, 5.74) is 1.16. The number of phenols is 1. The fraction of sp³-hybridized carbons (Fsp3) is 0.500. The largest absolute Gasteiger partial charge is 0.508 e. The molecular weight excluding hydrogens is 396 g/mol. The van der Waals surface area contributed by atoms with Crippen LogP contribution < -0.4 is 4.90 Å². The molecule has 0 radical (unpaired) electrons. The van der Waals surface area contributed by atoms with Crippen molar-refractivity contribution in [3.8, 4) is 5.75 Å². The molecule has 2 aromatic heterocycles. The summed E-state index contributed by atoms with van der Waals surface area (Å²) in [7, 11) is 0. The Kier molecular flexibility index (Phi) is 5.68. The molecule has 2 aliphatic rings. The lowest BCUT2D eigenvalue weighted by molar-refractivity contribution is 0.196. The van der Waals surface area contributed by atoms with Gasteiger partial charge < -0.3 is 10.0 Å². The fourth-order valence-corrected chi connectivity index (χ4v) is 5.64. The highest BCUT2D eigenvalue weighted by Gasteiger charge is 2.33. The summed E-state index contributed by atoms with van der Waals surface area (Å²) in [4.78, 5) is 6.21. The number of hydrogen-bond acceptors (Lipinski definition) is 7. The van der Waals surface area contributed by atoms with Gasteiger partial charge in [0.05, 0.1) is 6.04 Å². The molecule has 0 spiro atoms. The van der Waals surface area contributed by atoms with Gasteiger partial charge in [0.1, 0.15) is 11.8 Å². The van der Waals surface area contributed by atoms with Gasteiger partial charge in [-0.05, 0) is 59.0 Å². The minimum atomic E-state index is 0.101. The molecule has 0 unspecified atom stereocenters. The average molecular weight is 425 g/mol. The maximum Gasteiger partial charge on any atom is 0.174 e. The molecule has 2 fully saturated rings. The van der Waals surface area contributed by atoms with Gasteiger partial charge in [-0.2, -0.15) is 0 Å². The van der Waals surface area contributed by atoms with Crippen LogP contribution in [0.15, 0.2) is 41.8 Å². The summed E-state index contributed by atoms with van der Waals surface area (Å²) in [5, 5.41) is 24.8. The van der Waals surface area contributed by atoms with Crippen LogP contribution in [0.25, 0.3) is 0 Å². The Hall–Kier alpha value is -2.45. The van der Waals surface area contributed by atoms with Crippen LogP contribution in [0.5, 0.6) is 5.75 Å². The van der Waals surface area contributed by atoms with Crippen molar-refractivity contribution in [2.24, 2.45) is 0 Å². The number of hydrogen-bond donors (Lipinski definition) is 1. The Balaban J connectivity index is 1.38. The molecule has 7 nitrogen and oxygen atoms in total. The first-order valence-corrected chi connectivity index (χ1v) is 11.8. The van der Waals surface area contributed by atoms with E-state index in [9.17, 15) is 5.11 Å². The van der Waals surface area contributed by atoms with E-state index in [-0.39, 0.29) is 6.04 Å². The van der Waals surface area contributed by atoms with Crippen molar-refractivity contribution in [2.75, 3.05) is 31.1 Å². The van der Waals surface area contributed by atoms with Crippen molar-refractivity contribution < 1.29 is 5.11 Å². The van der Waals surface area contributed by atoms with Crippen LogP contribution in [0.4, 0.5) is 5.69 Å². The van der Waals surface area contributed by atoms with E-state index in [0.29, 0.717) is 11.8 Å². The molecule has 1 N–H and O–H groups in total. The lowest BCUT2D eigenvalue weighted by Gasteiger charge is -2.39. The van der Waals surface area contributed by atoms with E-state index in [1.165, 1.54) is 37.0 Å². The molecule has 0 amide bonds. The summed E-state index contributed by atoms with van der Waals surface area (Å²) < 4.78 is 2.12. The third kappa shape index (κ3) is 3.94. The van der Waals surface area contributed by atoms with Crippen LogP contribution in [0.3, 0.4) is 0 Å². The molecule has 1 aromatic carbocycles. The topological polar surface area (TPSA) is 70.3 Å². The molecule has 1 aliphatic carbocycles. The van der Waals surface area contributed by atoms with E-state index < -0.39 is 0 Å². The van der Waals surface area contributed by atoms with Gasteiger partial charge in [-0.25, -0.2) is 4.68 Å². The number of rotatable bonds is 5. The molecular formula is C22H28N6OS. The third-order valence-electron chi connectivity index (χ3n) is 6.39. The van der Waals surface area contributed by atoms with E-state index >= 15 is 0 Å². The third-order valence-corrected chi connectivity index (χ3v) is 7.32. The molecule has 1 aliphatic heterocycles. The second-order valence-corrected chi connectivity index (χ2v) is 9.21. The molecule has 158 valence electrons. The number of benzene rings is 1. The first-order valence-electron chi connectivity index (χ1n) is 10.9. The van der Waals surface area contributed by atoms with Gasteiger partial charge in [0.15, 0.2) is 5.82 Å². The van der Waals surface area contributed by atoms with E-state index in [0.717, 1.165) is 37.7 Å². The van der Waals surface area contributed by atoms with Crippen LogP contribution in [0.2, 0.25) is 0 Å². The number of phenolic OH excluding ortho intramolecular Hbond substituents is 1. The van der Waals surface area contributed by atoms with Crippen molar-refractivity contribution in [3.05, 3.63) is 52.5 Å². The Bertz CT molecular complexity index is 927. The van der Waals surface area contributed by atoms with Crippen LogP contribution in [-0.4, -0.2) is 56.4 Å². The van der Waals surface area contributed by atoms with E-state index in [1.807, 2.05) is 12.1 Å². The highest BCUT2D eigenvalue weighted by Crippen LogP contribution is 2.35.